The minimum Gasteiger partial charge on any atom is -0.320 e. The summed E-state index contributed by atoms with van der Waals surface area (Å²) < 4.78 is 13.6. The number of anilines is 1. The van der Waals surface area contributed by atoms with Crippen molar-refractivity contribution in [1.29, 1.82) is 0 Å². The first kappa shape index (κ1) is 15.4. The molecule has 21 heavy (non-hydrogen) atoms. The molecule has 2 rings (SSSR count). The van der Waals surface area contributed by atoms with Gasteiger partial charge in [0, 0.05) is 17.7 Å². The molecular weight excluding hydrogens is 367 g/mol. The molecule has 5 nitrogen and oxygen atoms in total. The zero-order valence-electron chi connectivity index (χ0n) is 10.3. The van der Waals surface area contributed by atoms with Gasteiger partial charge in [-0.25, -0.2) is 4.39 Å². The third-order valence-corrected chi connectivity index (χ3v) is 3.56. The van der Waals surface area contributed by atoms with E-state index < -0.39 is 16.6 Å². The van der Waals surface area contributed by atoms with E-state index in [1.165, 1.54) is 24.3 Å². The van der Waals surface area contributed by atoms with Crippen LogP contribution in [0.15, 0.2) is 40.9 Å². The van der Waals surface area contributed by atoms with Crippen LogP contribution in [0.2, 0.25) is 5.02 Å². The lowest BCUT2D eigenvalue weighted by Gasteiger charge is -2.07. The van der Waals surface area contributed by atoms with E-state index in [4.69, 9.17) is 11.6 Å². The number of nitrogens with zero attached hydrogens (tertiary/aromatic N) is 1. The number of rotatable bonds is 3. The van der Waals surface area contributed by atoms with E-state index in [0.717, 1.165) is 12.1 Å². The summed E-state index contributed by atoms with van der Waals surface area (Å²) in [6.07, 6.45) is 0. The quantitative estimate of drug-likeness (QED) is 0.640. The van der Waals surface area contributed by atoms with Crippen molar-refractivity contribution < 1.29 is 14.1 Å². The van der Waals surface area contributed by atoms with Gasteiger partial charge in [0.25, 0.3) is 11.6 Å². The standard InChI is InChI=1S/C13H7BrClFN2O3/c14-9-3-1-7(5-11(9)16)13(19)17-12-6-8(18(20)21)2-4-10(12)15/h1-6H,(H,17,19). The molecule has 0 unspecified atom stereocenters. The van der Waals surface area contributed by atoms with Crippen LogP contribution < -0.4 is 5.32 Å². The number of nitrogens with one attached hydrogen (secondary N) is 1. The Labute approximate surface area is 132 Å². The second-order valence-electron chi connectivity index (χ2n) is 4.00. The molecule has 0 saturated heterocycles. The van der Waals surface area contributed by atoms with Gasteiger partial charge in [-0.15, -0.1) is 0 Å². The number of carbonyl (C=O) groups excluding carboxylic acids is 1. The predicted molar refractivity (Wildman–Crippen MR) is 80.2 cm³/mol. The molecule has 2 aromatic carbocycles. The average molecular weight is 374 g/mol. The summed E-state index contributed by atoms with van der Waals surface area (Å²) in [5.41, 5.74) is -0.0610. The van der Waals surface area contributed by atoms with Crippen molar-refractivity contribution in [2.45, 2.75) is 0 Å². The topological polar surface area (TPSA) is 72.2 Å². The van der Waals surface area contributed by atoms with Crippen molar-refractivity contribution in [3.63, 3.8) is 0 Å². The third-order valence-electron chi connectivity index (χ3n) is 2.59. The van der Waals surface area contributed by atoms with Crippen LogP contribution in [0.1, 0.15) is 10.4 Å². The van der Waals surface area contributed by atoms with Crippen LogP contribution in [-0.2, 0) is 0 Å². The largest absolute Gasteiger partial charge is 0.320 e. The molecule has 0 aromatic heterocycles. The molecule has 0 aliphatic heterocycles. The highest BCUT2D eigenvalue weighted by Gasteiger charge is 2.14. The molecule has 0 spiro atoms. The number of benzene rings is 2. The molecule has 108 valence electrons. The minimum absolute atomic E-state index is 0.0678. The van der Waals surface area contributed by atoms with E-state index in [9.17, 15) is 19.3 Å². The number of halogens is 3. The fourth-order valence-electron chi connectivity index (χ4n) is 1.55. The number of amides is 1. The average Bonchev–Trinajstić information content (AvgIpc) is 2.43. The number of hydrogen-bond donors (Lipinski definition) is 1. The number of non-ortho nitro benzene ring substituents is 1. The highest BCUT2D eigenvalue weighted by Crippen LogP contribution is 2.27. The molecule has 0 bridgehead atoms. The van der Waals surface area contributed by atoms with Gasteiger partial charge in [-0.05, 0) is 40.2 Å². The normalized spacial score (nSPS) is 10.2. The Hall–Kier alpha value is -1.99. The Balaban J connectivity index is 2.28. The van der Waals surface area contributed by atoms with Gasteiger partial charge >= 0.3 is 0 Å². The molecule has 0 aliphatic rings. The van der Waals surface area contributed by atoms with Gasteiger partial charge in [0.15, 0.2) is 0 Å². The number of nitro groups is 1. The predicted octanol–water partition coefficient (Wildman–Crippen LogP) is 4.40. The Morgan fingerprint density at radius 1 is 1.29 bits per heavy atom. The first-order valence-corrected chi connectivity index (χ1v) is 6.76. The monoisotopic (exact) mass is 372 g/mol. The maximum Gasteiger partial charge on any atom is 0.271 e. The molecule has 1 amide bonds. The van der Waals surface area contributed by atoms with E-state index in [1.807, 2.05) is 0 Å². The first-order chi connectivity index (χ1) is 9.88. The van der Waals surface area contributed by atoms with Crippen LogP contribution in [0.4, 0.5) is 15.8 Å². The molecule has 1 N–H and O–H groups in total. The zero-order chi connectivity index (χ0) is 15.6. The van der Waals surface area contributed by atoms with E-state index >= 15 is 0 Å². The van der Waals surface area contributed by atoms with Gasteiger partial charge in [0.05, 0.1) is 20.1 Å². The third kappa shape index (κ3) is 3.56. The van der Waals surface area contributed by atoms with Crippen LogP contribution in [-0.4, -0.2) is 10.8 Å². The zero-order valence-corrected chi connectivity index (χ0v) is 12.6. The molecule has 2 aromatic rings. The molecule has 0 aliphatic carbocycles. The minimum atomic E-state index is -0.621. The summed E-state index contributed by atoms with van der Waals surface area (Å²) in [5, 5.41) is 13.3. The molecule has 0 fully saturated rings. The van der Waals surface area contributed by atoms with Gasteiger partial charge in [-0.2, -0.15) is 0 Å². The summed E-state index contributed by atoms with van der Waals surface area (Å²) in [4.78, 5) is 22.1. The van der Waals surface area contributed by atoms with Crippen molar-refractivity contribution in [3.8, 4) is 0 Å². The highest BCUT2D eigenvalue weighted by molar-refractivity contribution is 9.10. The Bertz CT molecular complexity index is 739. The molecular formula is C13H7BrClFN2O3. The fraction of sp³-hybridized carbons (Fsp3) is 0. The van der Waals surface area contributed by atoms with Crippen molar-refractivity contribution >= 4 is 44.8 Å². The summed E-state index contributed by atoms with van der Waals surface area (Å²) >= 11 is 8.85. The van der Waals surface area contributed by atoms with Gasteiger partial charge in [-0.3, -0.25) is 14.9 Å². The lowest BCUT2D eigenvalue weighted by atomic mass is 10.2. The second kappa shape index (κ2) is 6.19. The van der Waals surface area contributed by atoms with Crippen LogP contribution in [0.25, 0.3) is 0 Å². The van der Waals surface area contributed by atoms with Gasteiger partial charge < -0.3 is 5.32 Å². The molecule has 8 heteroatoms. The van der Waals surface area contributed by atoms with Crippen LogP contribution >= 0.6 is 27.5 Å². The molecule has 0 saturated carbocycles. The highest BCUT2D eigenvalue weighted by atomic mass is 79.9. The second-order valence-corrected chi connectivity index (χ2v) is 5.27. The number of hydrogen-bond acceptors (Lipinski definition) is 3. The van der Waals surface area contributed by atoms with Gasteiger partial charge in [0.2, 0.25) is 0 Å². The molecule has 0 radical (unpaired) electrons. The summed E-state index contributed by atoms with van der Waals surface area (Å²) in [5.74, 6) is -1.21. The lowest BCUT2D eigenvalue weighted by molar-refractivity contribution is -0.384. The van der Waals surface area contributed by atoms with Crippen LogP contribution in [0.5, 0.6) is 0 Å². The smallest absolute Gasteiger partial charge is 0.271 e. The number of nitro benzene ring substituents is 1. The van der Waals surface area contributed by atoms with Crippen molar-refractivity contribution in [2.24, 2.45) is 0 Å². The van der Waals surface area contributed by atoms with Crippen LogP contribution in [0, 0.1) is 15.9 Å². The molecule has 0 atom stereocenters. The van der Waals surface area contributed by atoms with Crippen molar-refractivity contribution in [2.75, 3.05) is 5.32 Å². The maximum atomic E-state index is 13.4. The molecule has 0 heterocycles. The Morgan fingerprint density at radius 3 is 2.62 bits per heavy atom. The van der Waals surface area contributed by atoms with E-state index in [0.29, 0.717) is 0 Å². The van der Waals surface area contributed by atoms with E-state index in [-0.39, 0.29) is 26.4 Å². The van der Waals surface area contributed by atoms with E-state index in [1.54, 1.807) is 0 Å². The van der Waals surface area contributed by atoms with Gasteiger partial charge in [-0.1, -0.05) is 11.6 Å². The Kier molecular flexibility index (Phi) is 4.54. The van der Waals surface area contributed by atoms with Crippen LogP contribution in [0.3, 0.4) is 0 Å². The first-order valence-electron chi connectivity index (χ1n) is 5.59. The fourth-order valence-corrected chi connectivity index (χ4v) is 1.97. The summed E-state index contributed by atoms with van der Waals surface area (Å²) in [6.45, 7) is 0. The SMILES string of the molecule is O=C(Nc1cc([N+](=O)[O-])ccc1Cl)c1ccc(Br)c(F)c1. The van der Waals surface area contributed by atoms with E-state index in [2.05, 4.69) is 21.2 Å². The van der Waals surface area contributed by atoms with Crippen molar-refractivity contribution in [3.05, 3.63) is 67.4 Å². The number of carbonyl (C=O) groups is 1. The lowest BCUT2D eigenvalue weighted by Crippen LogP contribution is -2.12. The summed E-state index contributed by atoms with van der Waals surface area (Å²) in [7, 11) is 0. The van der Waals surface area contributed by atoms with Crippen molar-refractivity contribution in [1.82, 2.24) is 0 Å². The van der Waals surface area contributed by atoms with Gasteiger partial charge in [0.1, 0.15) is 5.82 Å². The Morgan fingerprint density at radius 2 is 2.00 bits per heavy atom. The summed E-state index contributed by atoms with van der Waals surface area (Å²) in [6, 6.07) is 7.50. The maximum absolute atomic E-state index is 13.4.